The molecule has 2 heterocycles. The quantitative estimate of drug-likeness (QED) is 0.884. The van der Waals surface area contributed by atoms with Crippen LogP contribution in [0.2, 0.25) is 0 Å². The Balaban J connectivity index is 1.70. The van der Waals surface area contributed by atoms with Crippen LogP contribution in [-0.4, -0.2) is 31.1 Å². The molecule has 2 aliphatic rings. The molecule has 1 fully saturated rings. The van der Waals surface area contributed by atoms with Crippen molar-refractivity contribution >= 4 is 5.69 Å². The number of ether oxygens (including phenoxy) is 1. The first-order chi connectivity index (χ1) is 9.14. The highest BCUT2D eigenvalue weighted by molar-refractivity contribution is 5.61. The van der Waals surface area contributed by atoms with E-state index in [1.54, 1.807) is 0 Å². The first-order valence-electron chi connectivity index (χ1n) is 7.35. The SMILES string of the molecule is CC1(C)CCN(Cc2cccc3c2OCCN3)CC1. The number of anilines is 1. The van der Waals surface area contributed by atoms with Gasteiger partial charge >= 0.3 is 0 Å². The van der Waals surface area contributed by atoms with Gasteiger partial charge in [-0.1, -0.05) is 26.0 Å². The number of para-hydroxylation sites is 1. The van der Waals surface area contributed by atoms with Gasteiger partial charge in [-0.05, 0) is 37.4 Å². The molecule has 0 amide bonds. The molecule has 1 saturated heterocycles. The number of piperidine rings is 1. The minimum absolute atomic E-state index is 0.519. The maximum absolute atomic E-state index is 5.85. The predicted molar refractivity (Wildman–Crippen MR) is 78.7 cm³/mol. The summed E-state index contributed by atoms with van der Waals surface area (Å²) in [6.07, 6.45) is 2.59. The smallest absolute Gasteiger partial charge is 0.146 e. The van der Waals surface area contributed by atoms with Gasteiger partial charge in [0.1, 0.15) is 12.4 Å². The lowest BCUT2D eigenvalue weighted by Gasteiger charge is -2.37. The summed E-state index contributed by atoms with van der Waals surface area (Å²) in [5.41, 5.74) is 3.00. The first kappa shape index (κ1) is 12.8. The number of benzene rings is 1. The number of likely N-dealkylation sites (tertiary alicyclic amines) is 1. The fraction of sp³-hybridized carbons (Fsp3) is 0.625. The molecule has 3 heteroatoms. The van der Waals surface area contributed by atoms with Gasteiger partial charge in [0.2, 0.25) is 0 Å². The molecule has 0 saturated carbocycles. The van der Waals surface area contributed by atoms with E-state index in [0.717, 1.165) is 31.1 Å². The third-order valence-corrected chi connectivity index (χ3v) is 4.36. The van der Waals surface area contributed by atoms with E-state index in [2.05, 4.69) is 42.3 Å². The Bertz CT molecular complexity index is 446. The highest BCUT2D eigenvalue weighted by Gasteiger charge is 2.26. The normalized spacial score (nSPS) is 22.2. The molecule has 0 radical (unpaired) electrons. The third kappa shape index (κ3) is 2.86. The van der Waals surface area contributed by atoms with E-state index in [1.165, 1.54) is 31.5 Å². The molecule has 3 rings (SSSR count). The number of hydrogen-bond donors (Lipinski definition) is 1. The third-order valence-electron chi connectivity index (χ3n) is 4.36. The monoisotopic (exact) mass is 260 g/mol. The molecule has 0 unspecified atom stereocenters. The van der Waals surface area contributed by atoms with Crippen LogP contribution in [0, 0.1) is 5.41 Å². The second kappa shape index (κ2) is 5.04. The van der Waals surface area contributed by atoms with Crippen LogP contribution in [0.4, 0.5) is 5.69 Å². The van der Waals surface area contributed by atoms with Crippen LogP contribution >= 0.6 is 0 Å². The fourth-order valence-corrected chi connectivity index (χ4v) is 2.92. The van der Waals surface area contributed by atoms with Crippen molar-refractivity contribution in [2.75, 3.05) is 31.6 Å². The molecule has 1 N–H and O–H groups in total. The standard InChI is InChI=1S/C16H24N2O/c1-16(2)6-9-18(10-7-16)12-13-4-3-5-14-15(13)19-11-8-17-14/h3-5,17H,6-12H2,1-2H3. The zero-order valence-corrected chi connectivity index (χ0v) is 12.0. The Morgan fingerprint density at radius 1 is 1.26 bits per heavy atom. The van der Waals surface area contributed by atoms with Gasteiger partial charge in [-0.3, -0.25) is 4.90 Å². The van der Waals surface area contributed by atoms with Crippen LogP contribution in [0.1, 0.15) is 32.3 Å². The Morgan fingerprint density at radius 3 is 2.84 bits per heavy atom. The molecular formula is C16H24N2O. The van der Waals surface area contributed by atoms with Crippen molar-refractivity contribution in [1.82, 2.24) is 4.90 Å². The minimum atomic E-state index is 0.519. The highest BCUT2D eigenvalue weighted by Crippen LogP contribution is 2.34. The molecule has 0 bridgehead atoms. The van der Waals surface area contributed by atoms with Crippen molar-refractivity contribution in [3.63, 3.8) is 0 Å². The number of fused-ring (bicyclic) bond motifs is 1. The lowest BCUT2D eigenvalue weighted by atomic mass is 9.82. The molecule has 0 aromatic heterocycles. The van der Waals surface area contributed by atoms with Gasteiger partial charge < -0.3 is 10.1 Å². The zero-order valence-electron chi connectivity index (χ0n) is 12.0. The van der Waals surface area contributed by atoms with Crippen molar-refractivity contribution in [3.8, 4) is 5.75 Å². The van der Waals surface area contributed by atoms with Crippen LogP contribution in [0.25, 0.3) is 0 Å². The van der Waals surface area contributed by atoms with E-state index in [4.69, 9.17) is 4.74 Å². The van der Waals surface area contributed by atoms with Gasteiger partial charge in [0.05, 0.1) is 5.69 Å². The van der Waals surface area contributed by atoms with E-state index in [0.29, 0.717) is 5.41 Å². The van der Waals surface area contributed by atoms with E-state index < -0.39 is 0 Å². The molecule has 2 aliphatic heterocycles. The van der Waals surface area contributed by atoms with Crippen LogP contribution in [0.5, 0.6) is 5.75 Å². The average Bonchev–Trinajstić information content (AvgIpc) is 2.42. The summed E-state index contributed by atoms with van der Waals surface area (Å²) in [7, 11) is 0. The summed E-state index contributed by atoms with van der Waals surface area (Å²) in [5.74, 6) is 1.07. The number of nitrogens with one attached hydrogen (secondary N) is 1. The van der Waals surface area contributed by atoms with Crippen molar-refractivity contribution < 1.29 is 4.74 Å². The number of rotatable bonds is 2. The lowest BCUT2D eigenvalue weighted by molar-refractivity contribution is 0.126. The van der Waals surface area contributed by atoms with Gasteiger partial charge in [0, 0.05) is 18.7 Å². The van der Waals surface area contributed by atoms with E-state index >= 15 is 0 Å². The summed E-state index contributed by atoms with van der Waals surface area (Å²) < 4.78 is 5.85. The van der Waals surface area contributed by atoms with Crippen molar-refractivity contribution in [3.05, 3.63) is 23.8 Å². The maximum atomic E-state index is 5.85. The molecule has 0 aliphatic carbocycles. The van der Waals surface area contributed by atoms with Gasteiger partial charge in [0.15, 0.2) is 0 Å². The van der Waals surface area contributed by atoms with Crippen LogP contribution in [-0.2, 0) is 6.54 Å². The van der Waals surface area contributed by atoms with Crippen molar-refractivity contribution in [2.24, 2.45) is 5.41 Å². The summed E-state index contributed by atoms with van der Waals surface area (Å²) in [6, 6.07) is 6.44. The summed E-state index contributed by atoms with van der Waals surface area (Å²) in [5, 5.41) is 3.41. The second-order valence-electron chi connectivity index (χ2n) is 6.51. The lowest BCUT2D eigenvalue weighted by Crippen LogP contribution is -2.37. The van der Waals surface area contributed by atoms with Gasteiger partial charge in [0.25, 0.3) is 0 Å². The van der Waals surface area contributed by atoms with E-state index in [-0.39, 0.29) is 0 Å². The van der Waals surface area contributed by atoms with E-state index in [9.17, 15) is 0 Å². The molecule has 0 spiro atoms. The Hall–Kier alpha value is -1.22. The number of nitrogens with zero attached hydrogens (tertiary/aromatic N) is 1. The molecule has 0 atom stereocenters. The maximum Gasteiger partial charge on any atom is 0.146 e. The average molecular weight is 260 g/mol. The largest absolute Gasteiger partial charge is 0.489 e. The predicted octanol–water partition coefficient (Wildman–Crippen LogP) is 3.11. The topological polar surface area (TPSA) is 24.5 Å². The van der Waals surface area contributed by atoms with Gasteiger partial charge in [-0.15, -0.1) is 0 Å². The molecule has 19 heavy (non-hydrogen) atoms. The molecule has 3 nitrogen and oxygen atoms in total. The molecule has 1 aromatic carbocycles. The van der Waals surface area contributed by atoms with Crippen molar-refractivity contribution in [1.29, 1.82) is 0 Å². The fourth-order valence-electron chi connectivity index (χ4n) is 2.92. The summed E-state index contributed by atoms with van der Waals surface area (Å²) in [4.78, 5) is 2.55. The van der Waals surface area contributed by atoms with Crippen molar-refractivity contribution in [2.45, 2.75) is 33.2 Å². The summed E-state index contributed by atoms with van der Waals surface area (Å²) >= 11 is 0. The Kier molecular flexibility index (Phi) is 3.40. The Labute approximate surface area is 115 Å². The minimum Gasteiger partial charge on any atom is -0.489 e. The molecular weight excluding hydrogens is 236 g/mol. The number of hydrogen-bond acceptors (Lipinski definition) is 3. The van der Waals surface area contributed by atoms with Crippen LogP contribution in [0.3, 0.4) is 0 Å². The first-order valence-corrected chi connectivity index (χ1v) is 7.35. The zero-order chi connectivity index (χ0) is 13.3. The molecule has 1 aromatic rings. The Morgan fingerprint density at radius 2 is 2.05 bits per heavy atom. The van der Waals surface area contributed by atoms with Crippen LogP contribution < -0.4 is 10.1 Å². The van der Waals surface area contributed by atoms with Gasteiger partial charge in [-0.25, -0.2) is 0 Å². The second-order valence-corrected chi connectivity index (χ2v) is 6.51. The summed E-state index contributed by atoms with van der Waals surface area (Å²) in [6.45, 7) is 9.85. The highest BCUT2D eigenvalue weighted by atomic mass is 16.5. The van der Waals surface area contributed by atoms with Crippen LogP contribution in [0.15, 0.2) is 18.2 Å². The van der Waals surface area contributed by atoms with E-state index in [1.807, 2.05) is 0 Å². The van der Waals surface area contributed by atoms with Gasteiger partial charge in [-0.2, -0.15) is 0 Å². The molecule has 104 valence electrons.